The van der Waals surface area contributed by atoms with Crippen LogP contribution in [-0.2, 0) is 0 Å². The van der Waals surface area contributed by atoms with E-state index in [4.69, 9.17) is 0 Å². The molecule has 1 aliphatic carbocycles. The SMILES string of the molecule is Cc1cnc(N[C@H]2CC[C@H](Nc3ccc(-n4ccccc4=O)cn3)C2)nn1. The van der Waals surface area contributed by atoms with Crippen LogP contribution in [0, 0.1) is 6.92 Å². The molecule has 0 saturated heterocycles. The van der Waals surface area contributed by atoms with E-state index in [2.05, 4.69) is 30.8 Å². The predicted molar refractivity (Wildman–Crippen MR) is 103 cm³/mol. The number of nitrogens with zero attached hydrogens (tertiary/aromatic N) is 5. The van der Waals surface area contributed by atoms with Crippen LogP contribution in [0.25, 0.3) is 5.69 Å². The molecule has 3 aromatic rings. The van der Waals surface area contributed by atoms with E-state index >= 15 is 0 Å². The average molecular weight is 363 g/mol. The number of hydrogen-bond acceptors (Lipinski definition) is 7. The molecule has 0 bridgehead atoms. The molecule has 8 nitrogen and oxygen atoms in total. The fourth-order valence-corrected chi connectivity index (χ4v) is 3.29. The van der Waals surface area contributed by atoms with Crippen LogP contribution in [0.4, 0.5) is 11.8 Å². The highest BCUT2D eigenvalue weighted by molar-refractivity contribution is 5.42. The smallest absolute Gasteiger partial charge is 0.255 e. The molecule has 1 fully saturated rings. The van der Waals surface area contributed by atoms with Crippen LogP contribution in [0.2, 0.25) is 0 Å². The maximum atomic E-state index is 11.9. The molecule has 1 aliphatic rings. The third-order valence-corrected chi connectivity index (χ3v) is 4.64. The maximum Gasteiger partial charge on any atom is 0.255 e. The fraction of sp³-hybridized carbons (Fsp3) is 0.316. The third kappa shape index (κ3) is 4.11. The molecule has 3 heterocycles. The monoisotopic (exact) mass is 363 g/mol. The molecule has 0 aromatic carbocycles. The Bertz CT molecular complexity index is 953. The first-order valence-corrected chi connectivity index (χ1v) is 9.01. The highest BCUT2D eigenvalue weighted by Crippen LogP contribution is 2.24. The van der Waals surface area contributed by atoms with Gasteiger partial charge in [0.2, 0.25) is 5.95 Å². The summed E-state index contributed by atoms with van der Waals surface area (Å²) >= 11 is 0. The van der Waals surface area contributed by atoms with E-state index in [0.29, 0.717) is 18.0 Å². The van der Waals surface area contributed by atoms with Crippen LogP contribution in [0.3, 0.4) is 0 Å². The molecular weight excluding hydrogens is 342 g/mol. The molecule has 8 heteroatoms. The number of aryl methyl sites for hydroxylation is 1. The van der Waals surface area contributed by atoms with Crippen LogP contribution in [0.5, 0.6) is 0 Å². The predicted octanol–water partition coefficient (Wildman–Crippen LogP) is 2.17. The molecule has 0 amide bonds. The second-order valence-electron chi connectivity index (χ2n) is 6.73. The van der Waals surface area contributed by atoms with E-state index in [1.54, 1.807) is 29.2 Å². The van der Waals surface area contributed by atoms with Gasteiger partial charge in [-0.15, -0.1) is 5.10 Å². The van der Waals surface area contributed by atoms with Crippen molar-refractivity contribution in [2.24, 2.45) is 0 Å². The van der Waals surface area contributed by atoms with E-state index in [-0.39, 0.29) is 5.56 Å². The zero-order chi connectivity index (χ0) is 18.6. The Labute approximate surface area is 156 Å². The molecule has 4 rings (SSSR count). The zero-order valence-electron chi connectivity index (χ0n) is 15.0. The summed E-state index contributed by atoms with van der Waals surface area (Å²) in [6.07, 6.45) is 8.19. The van der Waals surface area contributed by atoms with Gasteiger partial charge in [-0.3, -0.25) is 9.36 Å². The minimum atomic E-state index is -0.0717. The minimum Gasteiger partial charge on any atom is -0.367 e. The van der Waals surface area contributed by atoms with Gasteiger partial charge in [0.1, 0.15) is 5.82 Å². The summed E-state index contributed by atoms with van der Waals surface area (Å²) < 4.78 is 1.57. The number of hydrogen-bond donors (Lipinski definition) is 2. The normalized spacial score (nSPS) is 19.0. The summed E-state index contributed by atoms with van der Waals surface area (Å²) in [7, 11) is 0. The number of nitrogens with one attached hydrogen (secondary N) is 2. The van der Waals surface area contributed by atoms with Gasteiger partial charge in [-0.2, -0.15) is 5.10 Å². The van der Waals surface area contributed by atoms with Gasteiger partial charge < -0.3 is 10.6 Å². The Morgan fingerprint density at radius 2 is 1.85 bits per heavy atom. The summed E-state index contributed by atoms with van der Waals surface area (Å²) in [4.78, 5) is 20.6. The van der Waals surface area contributed by atoms with Gasteiger partial charge in [-0.05, 0) is 44.4 Å². The van der Waals surface area contributed by atoms with Gasteiger partial charge in [0, 0.05) is 24.3 Å². The van der Waals surface area contributed by atoms with Crippen LogP contribution in [0.15, 0.2) is 53.7 Å². The van der Waals surface area contributed by atoms with Crippen molar-refractivity contribution in [1.29, 1.82) is 0 Å². The minimum absolute atomic E-state index is 0.0717. The lowest BCUT2D eigenvalue weighted by molar-refractivity contribution is 0.712. The number of aromatic nitrogens is 5. The number of pyridine rings is 2. The quantitative estimate of drug-likeness (QED) is 0.717. The third-order valence-electron chi connectivity index (χ3n) is 4.64. The molecule has 0 aliphatic heterocycles. The van der Waals surface area contributed by atoms with Crippen molar-refractivity contribution in [2.45, 2.75) is 38.3 Å². The Hall–Kier alpha value is -3.29. The first-order chi connectivity index (χ1) is 13.2. The highest BCUT2D eigenvalue weighted by atomic mass is 16.1. The van der Waals surface area contributed by atoms with Crippen molar-refractivity contribution in [3.63, 3.8) is 0 Å². The molecule has 1 saturated carbocycles. The van der Waals surface area contributed by atoms with Gasteiger partial charge >= 0.3 is 0 Å². The lowest BCUT2D eigenvalue weighted by Gasteiger charge is -2.15. The Morgan fingerprint density at radius 1 is 1.00 bits per heavy atom. The van der Waals surface area contributed by atoms with E-state index < -0.39 is 0 Å². The van der Waals surface area contributed by atoms with Crippen molar-refractivity contribution in [2.75, 3.05) is 10.6 Å². The van der Waals surface area contributed by atoms with Crippen molar-refractivity contribution >= 4 is 11.8 Å². The molecule has 138 valence electrons. The molecule has 3 aromatic heterocycles. The standard InChI is InChI=1S/C19H21N7O/c1-13-11-21-19(25-24-13)23-15-6-5-14(10-15)22-17-8-7-16(12-20-17)26-9-3-2-4-18(26)27/h2-4,7-9,11-12,14-15H,5-6,10H2,1H3,(H,20,22)(H,21,23,25)/t14-,15-/m0/s1. The zero-order valence-corrected chi connectivity index (χ0v) is 15.0. The van der Waals surface area contributed by atoms with E-state index in [9.17, 15) is 4.79 Å². The van der Waals surface area contributed by atoms with Crippen molar-refractivity contribution in [1.82, 2.24) is 24.7 Å². The molecule has 2 atom stereocenters. The van der Waals surface area contributed by atoms with Crippen LogP contribution < -0.4 is 16.2 Å². The summed E-state index contributed by atoms with van der Waals surface area (Å²) in [6, 6.07) is 9.53. The first kappa shape index (κ1) is 17.1. The number of anilines is 2. The Kier molecular flexibility index (Phi) is 4.78. The van der Waals surface area contributed by atoms with Crippen molar-refractivity contribution in [3.05, 3.63) is 65.0 Å². The first-order valence-electron chi connectivity index (χ1n) is 9.01. The van der Waals surface area contributed by atoms with Gasteiger partial charge in [0.15, 0.2) is 0 Å². The van der Waals surface area contributed by atoms with Gasteiger partial charge in [0.05, 0.1) is 23.8 Å². The largest absolute Gasteiger partial charge is 0.367 e. The molecular formula is C19H21N7O. The maximum absolute atomic E-state index is 11.9. The van der Waals surface area contributed by atoms with E-state index in [1.807, 2.05) is 25.1 Å². The topological polar surface area (TPSA) is 97.6 Å². The second-order valence-corrected chi connectivity index (χ2v) is 6.73. The Balaban J connectivity index is 1.35. The molecule has 27 heavy (non-hydrogen) atoms. The van der Waals surface area contributed by atoms with Crippen LogP contribution >= 0.6 is 0 Å². The second kappa shape index (κ2) is 7.53. The molecule has 0 radical (unpaired) electrons. The summed E-state index contributed by atoms with van der Waals surface area (Å²) in [6.45, 7) is 1.87. The summed E-state index contributed by atoms with van der Waals surface area (Å²) in [5.74, 6) is 1.38. The van der Waals surface area contributed by atoms with Crippen LogP contribution in [0.1, 0.15) is 25.0 Å². The van der Waals surface area contributed by atoms with Gasteiger partial charge in [0.25, 0.3) is 5.56 Å². The summed E-state index contributed by atoms with van der Waals surface area (Å²) in [5, 5.41) is 14.9. The van der Waals surface area contributed by atoms with Crippen molar-refractivity contribution in [3.8, 4) is 5.69 Å². The van der Waals surface area contributed by atoms with E-state index in [1.165, 1.54) is 6.07 Å². The highest BCUT2D eigenvalue weighted by Gasteiger charge is 2.25. The van der Waals surface area contributed by atoms with Crippen molar-refractivity contribution < 1.29 is 0 Å². The van der Waals surface area contributed by atoms with Gasteiger partial charge in [-0.25, -0.2) is 9.97 Å². The average Bonchev–Trinajstić information content (AvgIpc) is 3.12. The van der Waals surface area contributed by atoms with Crippen LogP contribution in [-0.4, -0.2) is 36.8 Å². The van der Waals surface area contributed by atoms with E-state index in [0.717, 1.165) is 36.5 Å². The lowest BCUT2D eigenvalue weighted by atomic mass is 10.2. The number of rotatable bonds is 5. The molecule has 0 spiro atoms. The molecule has 2 N–H and O–H groups in total. The fourth-order valence-electron chi connectivity index (χ4n) is 3.29. The lowest BCUT2D eigenvalue weighted by Crippen LogP contribution is -2.22. The van der Waals surface area contributed by atoms with Gasteiger partial charge in [-0.1, -0.05) is 6.07 Å². The molecule has 0 unspecified atom stereocenters. The summed E-state index contributed by atoms with van der Waals surface area (Å²) in [5.41, 5.74) is 1.48. The Morgan fingerprint density at radius 3 is 2.56 bits per heavy atom.